The Morgan fingerprint density at radius 1 is 1.11 bits per heavy atom. The maximum absolute atomic E-state index is 13.1. The zero-order valence-electron chi connectivity index (χ0n) is 20.5. The first kappa shape index (κ1) is 25.0. The van der Waals surface area contributed by atoms with E-state index in [0.717, 1.165) is 48.3 Å². The fraction of sp³-hybridized carbons (Fsp3) is 0.360. The van der Waals surface area contributed by atoms with Crippen LogP contribution >= 0.6 is 11.8 Å². The molecule has 3 aliphatic rings. The first-order valence-corrected chi connectivity index (χ1v) is 14.8. The number of sulfonamides is 1. The van der Waals surface area contributed by atoms with Gasteiger partial charge in [0.1, 0.15) is 11.8 Å². The highest BCUT2D eigenvalue weighted by molar-refractivity contribution is 8.18. The number of imidazole rings is 1. The van der Waals surface area contributed by atoms with E-state index in [4.69, 9.17) is 4.74 Å². The third kappa shape index (κ3) is 4.94. The Kier molecular flexibility index (Phi) is 6.68. The minimum absolute atomic E-state index is 0.113. The Bertz CT molecular complexity index is 1560. The number of aromatic nitrogens is 3. The van der Waals surface area contributed by atoms with Crippen molar-refractivity contribution in [1.82, 2.24) is 24.8 Å². The highest BCUT2D eigenvalue weighted by Gasteiger charge is 2.30. The number of carbonyl (C=O) groups is 2. The number of nitrogens with one attached hydrogen (secondary N) is 1. The number of thioether (sulfide) groups is 1. The number of hydrogen-bond donors (Lipinski definition) is 1. The van der Waals surface area contributed by atoms with Gasteiger partial charge in [-0.3, -0.25) is 28.7 Å². The number of anilines is 1. The largest absolute Gasteiger partial charge is 0.379 e. The molecule has 11 nitrogen and oxygen atoms in total. The molecule has 0 aliphatic carbocycles. The average Bonchev–Trinajstić information content (AvgIpc) is 3.60. The van der Waals surface area contributed by atoms with E-state index >= 15 is 0 Å². The van der Waals surface area contributed by atoms with E-state index in [9.17, 15) is 18.0 Å². The minimum atomic E-state index is -3.42. The molecule has 0 spiro atoms. The second-order valence-corrected chi connectivity index (χ2v) is 12.3. The zero-order valence-corrected chi connectivity index (χ0v) is 22.1. The zero-order chi connectivity index (χ0) is 26.3. The molecular formula is C25H26N6O5S2. The Balaban J connectivity index is 1.21. The van der Waals surface area contributed by atoms with Crippen LogP contribution in [0.15, 0.2) is 41.6 Å². The topological polar surface area (TPSA) is 127 Å². The molecule has 13 heteroatoms. The smallest absolute Gasteiger partial charge is 0.290 e. The van der Waals surface area contributed by atoms with Crippen molar-refractivity contribution in [3.8, 4) is 5.69 Å². The van der Waals surface area contributed by atoms with E-state index in [1.165, 1.54) is 4.31 Å². The molecule has 3 aliphatic heterocycles. The van der Waals surface area contributed by atoms with E-state index in [0.29, 0.717) is 49.5 Å². The van der Waals surface area contributed by atoms with Crippen molar-refractivity contribution in [1.29, 1.82) is 0 Å². The quantitative estimate of drug-likeness (QED) is 0.437. The van der Waals surface area contributed by atoms with Crippen LogP contribution in [0.5, 0.6) is 0 Å². The van der Waals surface area contributed by atoms with E-state index in [2.05, 4.69) is 20.2 Å². The van der Waals surface area contributed by atoms with Gasteiger partial charge in [-0.1, -0.05) is 0 Å². The van der Waals surface area contributed by atoms with Gasteiger partial charge in [-0.15, -0.1) is 0 Å². The molecule has 2 saturated heterocycles. The van der Waals surface area contributed by atoms with Crippen LogP contribution in [0, 0.1) is 0 Å². The van der Waals surface area contributed by atoms with Gasteiger partial charge in [-0.2, -0.15) is 0 Å². The normalized spacial score (nSPS) is 19.5. The third-order valence-corrected chi connectivity index (χ3v) is 9.51. The summed E-state index contributed by atoms with van der Waals surface area (Å²) >= 11 is 0.842. The van der Waals surface area contributed by atoms with Crippen LogP contribution in [-0.2, 0) is 26.0 Å². The van der Waals surface area contributed by atoms with Crippen LogP contribution in [0.2, 0.25) is 0 Å². The van der Waals surface area contributed by atoms with Gasteiger partial charge in [-0.05, 0) is 73.1 Å². The van der Waals surface area contributed by atoms with Gasteiger partial charge >= 0.3 is 0 Å². The lowest BCUT2D eigenvalue weighted by Gasteiger charge is -2.27. The molecule has 2 aromatic heterocycles. The molecule has 6 rings (SSSR count). The van der Waals surface area contributed by atoms with E-state index < -0.39 is 21.2 Å². The number of imide groups is 1. The summed E-state index contributed by atoms with van der Waals surface area (Å²) in [5.74, 6) is -0.323. The maximum atomic E-state index is 13.1. The van der Waals surface area contributed by atoms with Crippen LogP contribution < -0.4 is 9.62 Å². The molecule has 5 heterocycles. The standard InChI is InChI=1S/C25H26N6O5S2/c32-24-22(37-25(33)28-24)15-18-2-4-20-23(27-18)30(16-26-20)19-3-5-21-17(14-19)6-8-31(21)38(34,35)13-1-7-29-9-11-36-12-10-29/h2-5,14-16H,1,6-13H2,(H,28,32,33)/b22-15+. The van der Waals surface area contributed by atoms with Gasteiger partial charge in [0.15, 0.2) is 5.65 Å². The number of benzene rings is 1. The Morgan fingerprint density at radius 3 is 2.74 bits per heavy atom. The number of morpholine rings is 1. The van der Waals surface area contributed by atoms with Crippen molar-refractivity contribution >= 4 is 55.9 Å². The number of nitrogens with zero attached hydrogens (tertiary/aromatic N) is 5. The molecule has 0 radical (unpaired) electrons. The lowest BCUT2D eigenvalue weighted by atomic mass is 10.1. The summed E-state index contributed by atoms with van der Waals surface area (Å²) in [5.41, 5.74) is 4.30. The van der Waals surface area contributed by atoms with Gasteiger partial charge in [0, 0.05) is 25.3 Å². The predicted molar refractivity (Wildman–Crippen MR) is 145 cm³/mol. The van der Waals surface area contributed by atoms with E-state index in [1.807, 2.05) is 28.8 Å². The SMILES string of the molecule is O=C1NC(=O)/C(=C\c2ccc3ncn(-c4ccc5c(c4)CCN5S(=O)(=O)CCCN4CCOCC4)c3n2)S1. The van der Waals surface area contributed by atoms with Crippen molar-refractivity contribution in [2.24, 2.45) is 0 Å². The van der Waals surface area contributed by atoms with Crippen molar-refractivity contribution in [2.45, 2.75) is 12.8 Å². The number of fused-ring (bicyclic) bond motifs is 2. The Morgan fingerprint density at radius 2 is 1.95 bits per heavy atom. The lowest BCUT2D eigenvalue weighted by molar-refractivity contribution is -0.115. The van der Waals surface area contributed by atoms with Crippen LogP contribution in [-0.4, -0.2) is 84.1 Å². The number of amides is 2. The Hall–Kier alpha value is -3.26. The summed E-state index contributed by atoms with van der Waals surface area (Å²) in [6.45, 7) is 4.28. The number of hydrogen-bond acceptors (Lipinski definition) is 9. The summed E-state index contributed by atoms with van der Waals surface area (Å²) in [6.07, 6.45) is 4.47. The number of pyridine rings is 1. The van der Waals surface area contributed by atoms with Gasteiger partial charge < -0.3 is 4.74 Å². The van der Waals surface area contributed by atoms with Crippen LogP contribution in [0.3, 0.4) is 0 Å². The molecule has 38 heavy (non-hydrogen) atoms. The summed E-state index contributed by atoms with van der Waals surface area (Å²) in [4.78, 5) is 35.0. The van der Waals surface area contributed by atoms with Gasteiger partial charge in [0.2, 0.25) is 10.0 Å². The van der Waals surface area contributed by atoms with Gasteiger partial charge in [-0.25, -0.2) is 18.4 Å². The summed E-state index contributed by atoms with van der Waals surface area (Å²) in [7, 11) is -3.42. The predicted octanol–water partition coefficient (Wildman–Crippen LogP) is 2.16. The molecule has 1 aromatic carbocycles. The first-order valence-electron chi connectivity index (χ1n) is 12.4. The molecule has 1 N–H and O–H groups in total. The summed E-state index contributed by atoms with van der Waals surface area (Å²) in [5, 5.41) is 1.83. The fourth-order valence-electron chi connectivity index (χ4n) is 4.94. The van der Waals surface area contributed by atoms with Gasteiger partial charge in [0.05, 0.1) is 35.3 Å². The highest BCUT2D eigenvalue weighted by Crippen LogP contribution is 2.33. The lowest BCUT2D eigenvalue weighted by Crippen LogP contribution is -2.38. The fourth-order valence-corrected chi connectivity index (χ4v) is 7.16. The summed E-state index contributed by atoms with van der Waals surface area (Å²) < 4.78 is 35.0. The molecular weight excluding hydrogens is 528 g/mol. The van der Waals surface area contributed by atoms with Crippen molar-refractivity contribution in [3.05, 3.63) is 52.8 Å². The molecule has 0 atom stereocenters. The van der Waals surface area contributed by atoms with E-state index in [-0.39, 0.29) is 10.7 Å². The monoisotopic (exact) mass is 554 g/mol. The van der Waals surface area contributed by atoms with Crippen LogP contribution in [0.25, 0.3) is 22.9 Å². The van der Waals surface area contributed by atoms with Crippen molar-refractivity contribution in [3.63, 3.8) is 0 Å². The number of ether oxygens (including phenoxy) is 1. The second kappa shape index (κ2) is 10.1. The molecule has 3 aromatic rings. The molecule has 2 fully saturated rings. The molecule has 0 unspecified atom stereocenters. The molecule has 2 amide bonds. The molecule has 0 saturated carbocycles. The van der Waals surface area contributed by atoms with Crippen LogP contribution in [0.1, 0.15) is 17.7 Å². The second-order valence-electron chi connectivity index (χ2n) is 9.30. The van der Waals surface area contributed by atoms with E-state index in [1.54, 1.807) is 18.5 Å². The van der Waals surface area contributed by atoms with Crippen molar-refractivity contribution in [2.75, 3.05) is 49.5 Å². The van der Waals surface area contributed by atoms with Gasteiger partial charge in [0.25, 0.3) is 11.1 Å². The van der Waals surface area contributed by atoms with Crippen LogP contribution in [0.4, 0.5) is 10.5 Å². The summed E-state index contributed by atoms with van der Waals surface area (Å²) in [6, 6.07) is 9.25. The first-order chi connectivity index (χ1) is 18.4. The Labute approximate surface area is 223 Å². The molecule has 0 bridgehead atoms. The number of rotatable bonds is 7. The minimum Gasteiger partial charge on any atom is -0.379 e. The third-order valence-electron chi connectivity index (χ3n) is 6.85. The number of carbonyl (C=O) groups excluding carboxylic acids is 2. The maximum Gasteiger partial charge on any atom is 0.290 e. The highest BCUT2D eigenvalue weighted by atomic mass is 32.2. The average molecular weight is 555 g/mol. The van der Waals surface area contributed by atoms with Crippen molar-refractivity contribution < 1.29 is 22.7 Å². The molecule has 198 valence electrons.